The second kappa shape index (κ2) is 7.09. The van der Waals surface area contributed by atoms with Gasteiger partial charge in [-0.3, -0.25) is 9.69 Å². The number of nitrogens with one attached hydrogen (secondary N) is 1. The van der Waals surface area contributed by atoms with Crippen LogP contribution in [-0.2, 0) is 11.3 Å². The average molecular weight is 267 g/mol. The lowest BCUT2D eigenvalue weighted by molar-refractivity contribution is -0.122. The van der Waals surface area contributed by atoms with Crippen molar-refractivity contribution in [2.75, 3.05) is 25.9 Å². The molecule has 1 aromatic carbocycles. The zero-order valence-electron chi connectivity index (χ0n) is 11.7. The van der Waals surface area contributed by atoms with Crippen molar-refractivity contribution in [2.24, 2.45) is 5.92 Å². The van der Waals surface area contributed by atoms with Gasteiger partial charge in [0.1, 0.15) is 5.82 Å². The van der Waals surface area contributed by atoms with Crippen LogP contribution in [0.1, 0.15) is 19.4 Å². The largest absolute Gasteiger partial charge is 0.398 e. The van der Waals surface area contributed by atoms with Crippen molar-refractivity contribution in [1.82, 2.24) is 10.2 Å². The van der Waals surface area contributed by atoms with Gasteiger partial charge < -0.3 is 11.1 Å². The van der Waals surface area contributed by atoms with Crippen LogP contribution in [-0.4, -0.2) is 30.9 Å². The molecule has 0 saturated heterocycles. The van der Waals surface area contributed by atoms with Gasteiger partial charge in [-0.05, 0) is 30.7 Å². The van der Waals surface area contributed by atoms with Crippen molar-refractivity contribution in [2.45, 2.75) is 20.4 Å². The van der Waals surface area contributed by atoms with E-state index in [4.69, 9.17) is 5.73 Å². The van der Waals surface area contributed by atoms with E-state index in [1.165, 1.54) is 12.1 Å². The Labute approximate surface area is 113 Å². The van der Waals surface area contributed by atoms with Crippen LogP contribution in [0.5, 0.6) is 0 Å². The summed E-state index contributed by atoms with van der Waals surface area (Å²) in [5, 5.41) is 2.85. The summed E-state index contributed by atoms with van der Waals surface area (Å²) in [7, 11) is 1.83. The summed E-state index contributed by atoms with van der Waals surface area (Å²) in [6, 6.07) is 4.31. The molecule has 0 heterocycles. The fraction of sp³-hybridized carbons (Fsp3) is 0.500. The molecule has 1 rings (SSSR count). The van der Waals surface area contributed by atoms with Gasteiger partial charge in [0.05, 0.1) is 6.54 Å². The van der Waals surface area contributed by atoms with Crippen LogP contribution in [0.25, 0.3) is 0 Å². The predicted octanol–water partition coefficient (Wildman–Crippen LogP) is 1.61. The highest BCUT2D eigenvalue weighted by Crippen LogP contribution is 2.14. The molecule has 1 amide bonds. The summed E-state index contributed by atoms with van der Waals surface area (Å²) >= 11 is 0. The molecule has 0 atom stereocenters. The normalized spacial score (nSPS) is 11.1. The van der Waals surface area contributed by atoms with Crippen LogP contribution in [0, 0.1) is 11.7 Å². The van der Waals surface area contributed by atoms with E-state index in [0.717, 1.165) is 5.56 Å². The van der Waals surface area contributed by atoms with E-state index >= 15 is 0 Å². The third kappa shape index (κ3) is 5.70. The first-order chi connectivity index (χ1) is 8.88. The molecule has 0 spiro atoms. The van der Waals surface area contributed by atoms with Crippen molar-refractivity contribution >= 4 is 11.6 Å². The number of benzene rings is 1. The molecule has 0 aromatic heterocycles. The van der Waals surface area contributed by atoms with Crippen LogP contribution >= 0.6 is 0 Å². The van der Waals surface area contributed by atoms with E-state index < -0.39 is 0 Å². The summed E-state index contributed by atoms with van der Waals surface area (Å²) in [5.74, 6) is 0.0671. The molecular weight excluding hydrogens is 245 g/mol. The number of halogens is 1. The third-order valence-corrected chi connectivity index (χ3v) is 2.67. The molecule has 0 fully saturated rings. The Morgan fingerprint density at radius 1 is 1.47 bits per heavy atom. The molecule has 0 saturated carbocycles. The van der Waals surface area contributed by atoms with Crippen LogP contribution < -0.4 is 11.1 Å². The lowest BCUT2D eigenvalue weighted by Gasteiger charge is -2.18. The summed E-state index contributed by atoms with van der Waals surface area (Å²) < 4.78 is 12.9. The minimum atomic E-state index is -0.349. The minimum absolute atomic E-state index is 0.0168. The molecule has 0 aliphatic heterocycles. The summed E-state index contributed by atoms with van der Waals surface area (Å²) in [6.45, 7) is 5.57. The molecule has 0 radical (unpaired) electrons. The van der Waals surface area contributed by atoms with Crippen molar-refractivity contribution in [1.29, 1.82) is 0 Å². The average Bonchev–Trinajstić information content (AvgIpc) is 2.30. The fourth-order valence-corrected chi connectivity index (χ4v) is 1.68. The number of amides is 1. The standard InChI is InChI=1S/C14H22FN3O/c1-10(2)7-17-14(19)9-18(3)8-11-4-5-12(15)6-13(11)16/h4-6,10H,7-9,16H2,1-3H3,(H,17,19). The van der Waals surface area contributed by atoms with Crippen molar-refractivity contribution in [3.05, 3.63) is 29.6 Å². The summed E-state index contributed by atoms with van der Waals surface area (Å²) in [6.07, 6.45) is 0. The van der Waals surface area contributed by atoms with Crippen LogP contribution in [0.3, 0.4) is 0 Å². The SMILES string of the molecule is CC(C)CNC(=O)CN(C)Cc1ccc(F)cc1N. The van der Waals surface area contributed by atoms with E-state index in [9.17, 15) is 9.18 Å². The zero-order chi connectivity index (χ0) is 14.4. The minimum Gasteiger partial charge on any atom is -0.398 e. The highest BCUT2D eigenvalue weighted by Gasteiger charge is 2.09. The van der Waals surface area contributed by atoms with Crippen molar-refractivity contribution in [3.63, 3.8) is 0 Å². The maximum absolute atomic E-state index is 12.9. The molecule has 0 unspecified atom stereocenters. The highest BCUT2D eigenvalue weighted by molar-refractivity contribution is 5.77. The Balaban J connectivity index is 2.46. The van der Waals surface area contributed by atoms with Gasteiger partial charge in [0, 0.05) is 18.8 Å². The monoisotopic (exact) mass is 267 g/mol. The van der Waals surface area contributed by atoms with Gasteiger partial charge in [0.2, 0.25) is 5.91 Å². The van der Waals surface area contributed by atoms with E-state index in [-0.39, 0.29) is 11.7 Å². The maximum atomic E-state index is 12.9. The van der Waals surface area contributed by atoms with Gasteiger partial charge in [-0.15, -0.1) is 0 Å². The zero-order valence-corrected chi connectivity index (χ0v) is 11.7. The van der Waals surface area contributed by atoms with E-state index in [0.29, 0.717) is 31.2 Å². The smallest absolute Gasteiger partial charge is 0.234 e. The van der Waals surface area contributed by atoms with Gasteiger partial charge in [0.15, 0.2) is 0 Å². The molecule has 19 heavy (non-hydrogen) atoms. The van der Waals surface area contributed by atoms with Gasteiger partial charge in [-0.25, -0.2) is 4.39 Å². The predicted molar refractivity (Wildman–Crippen MR) is 75.0 cm³/mol. The molecule has 4 nitrogen and oxygen atoms in total. The molecule has 1 aromatic rings. The van der Waals surface area contributed by atoms with Crippen molar-refractivity contribution in [3.8, 4) is 0 Å². The van der Waals surface area contributed by atoms with Crippen LogP contribution in [0.2, 0.25) is 0 Å². The van der Waals surface area contributed by atoms with Gasteiger partial charge in [-0.1, -0.05) is 19.9 Å². The molecule has 3 N–H and O–H groups in total. The number of carbonyl (C=O) groups is 1. The lowest BCUT2D eigenvalue weighted by atomic mass is 10.1. The number of nitrogens with zero attached hydrogens (tertiary/aromatic N) is 1. The molecule has 106 valence electrons. The first-order valence-corrected chi connectivity index (χ1v) is 6.37. The number of nitrogen functional groups attached to an aromatic ring is 1. The number of carbonyl (C=O) groups excluding carboxylic acids is 1. The van der Waals surface area contributed by atoms with E-state index in [1.807, 2.05) is 25.8 Å². The number of nitrogens with two attached hydrogens (primary N) is 1. The fourth-order valence-electron chi connectivity index (χ4n) is 1.68. The summed E-state index contributed by atoms with van der Waals surface area (Å²) in [4.78, 5) is 13.5. The number of rotatable bonds is 6. The highest BCUT2D eigenvalue weighted by atomic mass is 19.1. The van der Waals surface area contributed by atoms with Crippen molar-refractivity contribution < 1.29 is 9.18 Å². The maximum Gasteiger partial charge on any atom is 0.234 e. The Bertz CT molecular complexity index is 435. The number of hydrogen-bond acceptors (Lipinski definition) is 3. The molecule has 0 aliphatic rings. The Morgan fingerprint density at radius 2 is 2.16 bits per heavy atom. The van der Waals surface area contributed by atoms with Crippen LogP contribution in [0.4, 0.5) is 10.1 Å². The number of hydrogen-bond donors (Lipinski definition) is 2. The Morgan fingerprint density at radius 3 is 2.74 bits per heavy atom. The third-order valence-electron chi connectivity index (χ3n) is 2.67. The first-order valence-electron chi connectivity index (χ1n) is 6.37. The van der Waals surface area contributed by atoms with Gasteiger partial charge in [0.25, 0.3) is 0 Å². The van der Waals surface area contributed by atoms with E-state index in [1.54, 1.807) is 6.07 Å². The number of likely N-dealkylation sites (N-methyl/N-ethyl adjacent to an activating group) is 1. The quantitative estimate of drug-likeness (QED) is 0.770. The molecule has 5 heteroatoms. The van der Waals surface area contributed by atoms with Gasteiger partial charge >= 0.3 is 0 Å². The summed E-state index contributed by atoms with van der Waals surface area (Å²) in [5.41, 5.74) is 6.96. The van der Waals surface area contributed by atoms with E-state index in [2.05, 4.69) is 5.32 Å². The second-order valence-electron chi connectivity index (χ2n) is 5.21. The first kappa shape index (κ1) is 15.4. The Kier molecular flexibility index (Phi) is 5.76. The lowest BCUT2D eigenvalue weighted by Crippen LogP contribution is -2.36. The molecular formula is C14H22FN3O. The second-order valence-corrected chi connectivity index (χ2v) is 5.21. The molecule has 0 bridgehead atoms. The van der Waals surface area contributed by atoms with Gasteiger partial charge in [-0.2, -0.15) is 0 Å². The topological polar surface area (TPSA) is 58.4 Å². The molecule has 0 aliphatic carbocycles. The number of anilines is 1. The van der Waals surface area contributed by atoms with Crippen LogP contribution in [0.15, 0.2) is 18.2 Å². The Hall–Kier alpha value is -1.62.